The monoisotopic (exact) mass is 433 g/mol. The quantitative estimate of drug-likeness (QED) is 0.642. The predicted octanol–water partition coefficient (Wildman–Crippen LogP) is 4.08. The normalized spacial score (nSPS) is 18.1. The molecule has 1 atom stereocenters. The second-order valence-corrected chi connectivity index (χ2v) is 7.14. The highest BCUT2D eigenvalue weighted by molar-refractivity contribution is 5.58. The SMILES string of the molecule is CCNc1nc(Nc2cnn([C@@H]3CCCN(CC(F)F)C3)c2C)ncc1C(F)(F)F. The number of hydrogen-bond acceptors (Lipinski definition) is 6. The number of rotatable bonds is 7. The lowest BCUT2D eigenvalue weighted by molar-refractivity contribution is -0.137. The Morgan fingerprint density at radius 2 is 2.03 bits per heavy atom. The summed E-state index contributed by atoms with van der Waals surface area (Å²) in [4.78, 5) is 9.45. The molecule has 2 aromatic heterocycles. The lowest BCUT2D eigenvalue weighted by Gasteiger charge is -2.33. The molecule has 0 bridgehead atoms. The number of alkyl halides is 5. The fourth-order valence-electron chi connectivity index (χ4n) is 3.58. The molecule has 3 heterocycles. The highest BCUT2D eigenvalue weighted by Crippen LogP contribution is 2.34. The molecule has 0 spiro atoms. The van der Waals surface area contributed by atoms with E-state index >= 15 is 0 Å². The van der Waals surface area contributed by atoms with Crippen LogP contribution in [0.25, 0.3) is 0 Å². The van der Waals surface area contributed by atoms with E-state index in [1.165, 1.54) is 6.20 Å². The minimum atomic E-state index is -4.57. The van der Waals surface area contributed by atoms with Crippen molar-refractivity contribution in [3.63, 3.8) is 0 Å². The van der Waals surface area contributed by atoms with E-state index in [4.69, 9.17) is 0 Å². The molecule has 3 rings (SSSR count). The van der Waals surface area contributed by atoms with Crippen molar-refractivity contribution in [3.05, 3.63) is 23.7 Å². The molecule has 1 fully saturated rings. The zero-order valence-electron chi connectivity index (χ0n) is 16.7. The van der Waals surface area contributed by atoms with E-state index in [9.17, 15) is 22.0 Å². The number of piperidine rings is 1. The Bertz CT molecular complexity index is 852. The van der Waals surface area contributed by atoms with Crippen molar-refractivity contribution < 1.29 is 22.0 Å². The van der Waals surface area contributed by atoms with Crippen LogP contribution in [0, 0.1) is 6.92 Å². The molecular weight excluding hydrogens is 409 g/mol. The van der Waals surface area contributed by atoms with Crippen LogP contribution in [-0.4, -0.2) is 57.3 Å². The summed E-state index contributed by atoms with van der Waals surface area (Å²) in [6.07, 6.45) is -3.09. The first-order valence-corrected chi connectivity index (χ1v) is 9.68. The number of nitrogens with one attached hydrogen (secondary N) is 2. The maximum atomic E-state index is 13.1. The highest BCUT2D eigenvalue weighted by Gasteiger charge is 2.35. The molecular formula is C18H24F5N7. The van der Waals surface area contributed by atoms with E-state index in [2.05, 4.69) is 25.7 Å². The number of aromatic nitrogens is 4. The summed E-state index contributed by atoms with van der Waals surface area (Å²) in [5.41, 5.74) is 0.333. The fraction of sp³-hybridized carbons (Fsp3) is 0.611. The molecule has 0 amide bonds. The topological polar surface area (TPSA) is 70.9 Å². The van der Waals surface area contributed by atoms with Gasteiger partial charge in [0.25, 0.3) is 6.43 Å². The van der Waals surface area contributed by atoms with Crippen LogP contribution in [0.5, 0.6) is 0 Å². The Labute approximate surface area is 170 Å². The summed E-state index contributed by atoms with van der Waals surface area (Å²) in [7, 11) is 0. The van der Waals surface area contributed by atoms with Gasteiger partial charge in [-0.05, 0) is 33.2 Å². The first kappa shape index (κ1) is 22.2. The molecule has 0 aliphatic carbocycles. The van der Waals surface area contributed by atoms with E-state index in [-0.39, 0.29) is 30.9 Å². The van der Waals surface area contributed by atoms with Crippen LogP contribution >= 0.6 is 0 Å². The van der Waals surface area contributed by atoms with Gasteiger partial charge in [0.2, 0.25) is 5.95 Å². The van der Waals surface area contributed by atoms with E-state index < -0.39 is 18.2 Å². The van der Waals surface area contributed by atoms with Crippen LogP contribution in [0.3, 0.4) is 0 Å². The second kappa shape index (κ2) is 9.11. The average molecular weight is 433 g/mol. The standard InChI is InChI=1S/C18H24F5N7/c1-3-24-16-13(18(21,22)23)7-25-17(28-16)27-14-8-26-30(11(14)2)12-5-4-6-29(9-12)10-15(19)20/h7-8,12,15H,3-6,9-10H2,1-2H3,(H2,24,25,27,28)/t12-/m1/s1. The zero-order valence-corrected chi connectivity index (χ0v) is 16.7. The Morgan fingerprint density at radius 3 is 2.70 bits per heavy atom. The molecule has 0 radical (unpaired) electrons. The van der Waals surface area contributed by atoms with Gasteiger partial charge >= 0.3 is 6.18 Å². The number of likely N-dealkylation sites (tertiary alicyclic amines) is 1. The van der Waals surface area contributed by atoms with Crippen molar-refractivity contribution >= 4 is 17.5 Å². The van der Waals surface area contributed by atoms with Crippen molar-refractivity contribution in [1.29, 1.82) is 0 Å². The van der Waals surface area contributed by atoms with Crippen molar-refractivity contribution in [2.75, 3.05) is 36.8 Å². The van der Waals surface area contributed by atoms with E-state index in [1.54, 1.807) is 23.4 Å². The van der Waals surface area contributed by atoms with E-state index in [0.29, 0.717) is 18.8 Å². The molecule has 7 nitrogen and oxygen atoms in total. The molecule has 0 aromatic carbocycles. The van der Waals surface area contributed by atoms with E-state index in [1.807, 2.05) is 0 Å². The highest BCUT2D eigenvalue weighted by atomic mass is 19.4. The van der Waals surface area contributed by atoms with Gasteiger partial charge in [0, 0.05) is 19.3 Å². The summed E-state index contributed by atoms with van der Waals surface area (Å²) in [5, 5.41) is 9.86. The van der Waals surface area contributed by atoms with Crippen LogP contribution in [-0.2, 0) is 6.18 Å². The first-order valence-electron chi connectivity index (χ1n) is 9.68. The maximum Gasteiger partial charge on any atom is 0.421 e. The van der Waals surface area contributed by atoms with Crippen molar-refractivity contribution in [2.45, 2.75) is 45.3 Å². The largest absolute Gasteiger partial charge is 0.421 e. The number of halogens is 5. The molecule has 166 valence electrons. The van der Waals surface area contributed by atoms with Crippen molar-refractivity contribution in [2.24, 2.45) is 0 Å². The Hall–Kier alpha value is -2.50. The summed E-state index contributed by atoms with van der Waals surface area (Å²) in [6.45, 7) is 4.57. The Kier molecular flexibility index (Phi) is 6.74. The lowest BCUT2D eigenvalue weighted by atomic mass is 10.1. The molecule has 30 heavy (non-hydrogen) atoms. The fourth-order valence-corrected chi connectivity index (χ4v) is 3.58. The van der Waals surface area contributed by atoms with Crippen molar-refractivity contribution in [1.82, 2.24) is 24.6 Å². The molecule has 1 saturated heterocycles. The number of hydrogen-bond donors (Lipinski definition) is 2. The van der Waals surface area contributed by atoms with Crippen LogP contribution in [0.4, 0.5) is 39.4 Å². The summed E-state index contributed by atoms with van der Waals surface area (Å²) in [5.74, 6) is -0.299. The van der Waals surface area contributed by atoms with Crippen LogP contribution in [0.15, 0.2) is 12.4 Å². The Balaban J connectivity index is 1.77. The van der Waals surface area contributed by atoms with Gasteiger partial charge in [-0.25, -0.2) is 13.8 Å². The van der Waals surface area contributed by atoms with Crippen LogP contribution in [0.1, 0.15) is 37.1 Å². The average Bonchev–Trinajstić information content (AvgIpc) is 3.01. The minimum absolute atomic E-state index is 0.00423. The molecule has 0 saturated carbocycles. The maximum absolute atomic E-state index is 13.1. The van der Waals surface area contributed by atoms with Gasteiger partial charge in [-0.15, -0.1) is 0 Å². The number of anilines is 3. The third-order valence-electron chi connectivity index (χ3n) is 4.95. The summed E-state index contributed by atoms with van der Waals surface area (Å²) in [6, 6.07) is -0.0566. The smallest absolute Gasteiger partial charge is 0.370 e. The van der Waals surface area contributed by atoms with Gasteiger partial charge in [-0.2, -0.15) is 23.3 Å². The first-order chi connectivity index (χ1) is 14.2. The van der Waals surface area contributed by atoms with Gasteiger partial charge in [0.05, 0.1) is 30.2 Å². The molecule has 1 aliphatic rings. The van der Waals surface area contributed by atoms with Gasteiger partial charge in [-0.1, -0.05) is 0 Å². The molecule has 2 N–H and O–H groups in total. The number of nitrogens with zero attached hydrogens (tertiary/aromatic N) is 5. The Morgan fingerprint density at radius 1 is 1.27 bits per heavy atom. The summed E-state index contributed by atoms with van der Waals surface area (Å²) >= 11 is 0. The predicted molar refractivity (Wildman–Crippen MR) is 102 cm³/mol. The molecule has 1 aliphatic heterocycles. The van der Waals surface area contributed by atoms with Gasteiger partial charge < -0.3 is 10.6 Å². The lowest BCUT2D eigenvalue weighted by Crippen LogP contribution is -2.39. The molecule has 0 unspecified atom stereocenters. The van der Waals surface area contributed by atoms with Gasteiger partial charge in [0.1, 0.15) is 11.4 Å². The van der Waals surface area contributed by atoms with Crippen LogP contribution < -0.4 is 10.6 Å². The molecule has 2 aromatic rings. The molecule has 12 heteroatoms. The zero-order chi connectivity index (χ0) is 21.9. The third-order valence-corrected chi connectivity index (χ3v) is 4.95. The van der Waals surface area contributed by atoms with Crippen molar-refractivity contribution in [3.8, 4) is 0 Å². The van der Waals surface area contributed by atoms with Gasteiger partial charge in [0.15, 0.2) is 0 Å². The summed E-state index contributed by atoms with van der Waals surface area (Å²) < 4.78 is 66.5. The van der Waals surface area contributed by atoms with Crippen LogP contribution in [0.2, 0.25) is 0 Å². The second-order valence-electron chi connectivity index (χ2n) is 7.14. The van der Waals surface area contributed by atoms with E-state index in [0.717, 1.165) is 24.7 Å². The van der Waals surface area contributed by atoms with Gasteiger partial charge in [-0.3, -0.25) is 9.58 Å². The minimum Gasteiger partial charge on any atom is -0.370 e. The third kappa shape index (κ3) is 5.15.